The van der Waals surface area contributed by atoms with Crippen LogP contribution in [0, 0.1) is 0 Å². The van der Waals surface area contributed by atoms with Crippen LogP contribution in [0.3, 0.4) is 0 Å². The van der Waals surface area contributed by atoms with Gasteiger partial charge in [-0.1, -0.05) is 12.1 Å². The number of carbonyl (C=O) groups is 1. The Labute approximate surface area is 121 Å². The first kappa shape index (κ1) is 13.2. The number of rotatable bonds is 4. The number of benzene rings is 1. The zero-order valence-corrected chi connectivity index (χ0v) is 11.4. The molecule has 0 aliphatic carbocycles. The fraction of sp³-hybridized carbons (Fsp3) is 0.125. The first-order chi connectivity index (χ1) is 10.3. The molecule has 0 unspecified atom stereocenters. The van der Waals surface area contributed by atoms with Crippen LogP contribution < -0.4 is 4.74 Å². The maximum atomic E-state index is 11.8. The number of furan rings is 1. The summed E-state index contributed by atoms with van der Waals surface area (Å²) >= 11 is 0. The monoisotopic (exact) mass is 283 g/mol. The summed E-state index contributed by atoms with van der Waals surface area (Å²) in [6.45, 7) is 2.50. The summed E-state index contributed by atoms with van der Waals surface area (Å²) in [6, 6.07) is 10.8. The van der Waals surface area contributed by atoms with Crippen LogP contribution in [-0.2, 0) is 9.53 Å². The minimum absolute atomic E-state index is 0.178. The van der Waals surface area contributed by atoms with Gasteiger partial charge >= 0.3 is 5.97 Å². The third-order valence-electron chi connectivity index (χ3n) is 2.82. The maximum Gasteiger partial charge on any atom is 0.363 e. The summed E-state index contributed by atoms with van der Waals surface area (Å²) in [4.78, 5) is 16.0. The van der Waals surface area contributed by atoms with Crippen LogP contribution in [0.4, 0.5) is 0 Å². The highest BCUT2D eigenvalue weighted by Crippen LogP contribution is 2.21. The van der Waals surface area contributed by atoms with Gasteiger partial charge in [-0.05, 0) is 42.8 Å². The van der Waals surface area contributed by atoms with E-state index in [1.54, 1.807) is 18.2 Å². The van der Waals surface area contributed by atoms with E-state index in [0.717, 1.165) is 11.3 Å². The van der Waals surface area contributed by atoms with Crippen molar-refractivity contribution >= 4 is 17.9 Å². The zero-order valence-electron chi connectivity index (χ0n) is 11.4. The molecule has 106 valence electrons. The van der Waals surface area contributed by atoms with Gasteiger partial charge in [0.1, 0.15) is 5.75 Å². The van der Waals surface area contributed by atoms with Crippen molar-refractivity contribution in [1.82, 2.24) is 0 Å². The first-order valence-corrected chi connectivity index (χ1v) is 6.55. The van der Waals surface area contributed by atoms with Crippen molar-refractivity contribution in [3.63, 3.8) is 0 Å². The summed E-state index contributed by atoms with van der Waals surface area (Å²) in [6.07, 6.45) is 3.15. The minimum atomic E-state index is -0.497. The molecule has 0 bridgehead atoms. The van der Waals surface area contributed by atoms with E-state index in [0.29, 0.717) is 12.4 Å². The third-order valence-corrected chi connectivity index (χ3v) is 2.82. The number of carbonyl (C=O) groups excluding carboxylic acids is 1. The number of hydrogen-bond donors (Lipinski definition) is 0. The lowest BCUT2D eigenvalue weighted by atomic mass is 10.2. The van der Waals surface area contributed by atoms with Gasteiger partial charge < -0.3 is 13.9 Å². The van der Waals surface area contributed by atoms with E-state index in [1.165, 1.54) is 6.26 Å². The van der Waals surface area contributed by atoms with Crippen molar-refractivity contribution in [1.29, 1.82) is 0 Å². The van der Waals surface area contributed by atoms with E-state index < -0.39 is 5.97 Å². The van der Waals surface area contributed by atoms with Crippen molar-refractivity contribution in [2.45, 2.75) is 6.92 Å². The molecule has 0 amide bonds. The van der Waals surface area contributed by atoms with E-state index in [-0.39, 0.29) is 11.6 Å². The van der Waals surface area contributed by atoms with Gasteiger partial charge in [0, 0.05) is 0 Å². The normalized spacial score (nSPS) is 16.0. The minimum Gasteiger partial charge on any atom is -0.494 e. The molecule has 2 heterocycles. The van der Waals surface area contributed by atoms with E-state index in [1.807, 2.05) is 31.2 Å². The fourth-order valence-electron chi connectivity index (χ4n) is 1.93. The van der Waals surface area contributed by atoms with Gasteiger partial charge in [-0.3, -0.25) is 0 Å². The van der Waals surface area contributed by atoms with Crippen LogP contribution in [0.25, 0.3) is 6.08 Å². The molecule has 1 aliphatic rings. The maximum absolute atomic E-state index is 11.8. The molecule has 0 atom stereocenters. The van der Waals surface area contributed by atoms with Crippen molar-refractivity contribution in [2.75, 3.05) is 6.61 Å². The SMILES string of the molecule is CCOc1cccc(/C=C2/N=C(c3ccco3)OC2=O)c1. The summed E-state index contributed by atoms with van der Waals surface area (Å²) in [5, 5.41) is 0. The number of esters is 1. The van der Waals surface area contributed by atoms with Crippen molar-refractivity contribution in [3.8, 4) is 5.75 Å². The van der Waals surface area contributed by atoms with E-state index in [2.05, 4.69) is 4.99 Å². The Bertz CT molecular complexity index is 714. The van der Waals surface area contributed by atoms with Crippen LogP contribution in [0.1, 0.15) is 18.2 Å². The summed E-state index contributed by atoms with van der Waals surface area (Å²) in [5.74, 6) is 0.851. The lowest BCUT2D eigenvalue weighted by Gasteiger charge is -2.03. The largest absolute Gasteiger partial charge is 0.494 e. The van der Waals surface area contributed by atoms with Crippen LogP contribution in [0.2, 0.25) is 0 Å². The molecule has 21 heavy (non-hydrogen) atoms. The zero-order chi connectivity index (χ0) is 14.7. The highest BCUT2D eigenvalue weighted by atomic mass is 16.6. The van der Waals surface area contributed by atoms with Gasteiger partial charge in [0.2, 0.25) is 0 Å². The molecule has 3 rings (SSSR count). The average Bonchev–Trinajstić information content (AvgIpc) is 3.10. The van der Waals surface area contributed by atoms with Gasteiger partial charge in [-0.2, -0.15) is 0 Å². The topological polar surface area (TPSA) is 61.0 Å². The van der Waals surface area contributed by atoms with E-state index in [4.69, 9.17) is 13.9 Å². The molecule has 0 saturated carbocycles. The van der Waals surface area contributed by atoms with Crippen LogP contribution in [-0.4, -0.2) is 18.5 Å². The third kappa shape index (κ3) is 2.86. The quantitative estimate of drug-likeness (QED) is 0.639. The van der Waals surface area contributed by atoms with Gasteiger partial charge in [-0.25, -0.2) is 9.79 Å². The van der Waals surface area contributed by atoms with Gasteiger partial charge in [0.25, 0.3) is 5.90 Å². The van der Waals surface area contributed by atoms with Crippen molar-refractivity contribution < 1.29 is 18.7 Å². The van der Waals surface area contributed by atoms with Gasteiger partial charge in [0.15, 0.2) is 11.5 Å². The molecule has 0 saturated heterocycles. The van der Waals surface area contributed by atoms with Crippen LogP contribution in [0.5, 0.6) is 5.75 Å². The lowest BCUT2D eigenvalue weighted by molar-refractivity contribution is -0.130. The first-order valence-electron chi connectivity index (χ1n) is 6.55. The van der Waals surface area contributed by atoms with Crippen molar-refractivity contribution in [2.24, 2.45) is 4.99 Å². The van der Waals surface area contributed by atoms with Gasteiger partial charge in [-0.15, -0.1) is 0 Å². The number of aliphatic imine (C=N–C) groups is 1. The Kier molecular flexibility index (Phi) is 3.55. The molecule has 5 heteroatoms. The second-order valence-corrected chi connectivity index (χ2v) is 4.32. The average molecular weight is 283 g/mol. The van der Waals surface area contributed by atoms with Gasteiger partial charge in [0.05, 0.1) is 12.9 Å². The standard InChI is InChI=1S/C16H13NO4/c1-2-19-12-6-3-5-11(9-12)10-13-16(18)21-15(17-13)14-7-4-8-20-14/h3-10H,2H2,1H3/b13-10+. The van der Waals surface area contributed by atoms with Crippen molar-refractivity contribution in [3.05, 3.63) is 59.7 Å². The van der Waals surface area contributed by atoms with Crippen LogP contribution >= 0.6 is 0 Å². The molecule has 1 aromatic carbocycles. The highest BCUT2D eigenvalue weighted by molar-refractivity contribution is 6.11. The summed E-state index contributed by atoms with van der Waals surface area (Å²) in [7, 11) is 0. The second-order valence-electron chi connectivity index (χ2n) is 4.32. The number of nitrogens with zero attached hydrogens (tertiary/aromatic N) is 1. The molecule has 1 aromatic heterocycles. The number of cyclic esters (lactones) is 1. The second kappa shape index (κ2) is 5.66. The Morgan fingerprint density at radius 1 is 1.29 bits per heavy atom. The Balaban J connectivity index is 1.89. The van der Waals surface area contributed by atoms with E-state index in [9.17, 15) is 4.79 Å². The molecule has 0 spiro atoms. The predicted molar refractivity (Wildman–Crippen MR) is 76.9 cm³/mol. The van der Waals surface area contributed by atoms with E-state index >= 15 is 0 Å². The Hall–Kier alpha value is -2.82. The predicted octanol–water partition coefficient (Wildman–Crippen LogP) is 3.02. The molecule has 0 radical (unpaired) electrons. The number of hydrogen-bond acceptors (Lipinski definition) is 5. The molecular formula is C16H13NO4. The lowest BCUT2D eigenvalue weighted by Crippen LogP contribution is -2.04. The number of ether oxygens (including phenoxy) is 2. The molecular weight excluding hydrogens is 270 g/mol. The summed E-state index contributed by atoms with van der Waals surface area (Å²) in [5.41, 5.74) is 1.05. The molecule has 1 aliphatic heterocycles. The fourth-order valence-corrected chi connectivity index (χ4v) is 1.93. The Morgan fingerprint density at radius 2 is 2.19 bits per heavy atom. The molecule has 0 fully saturated rings. The molecule has 5 nitrogen and oxygen atoms in total. The molecule has 2 aromatic rings. The highest BCUT2D eigenvalue weighted by Gasteiger charge is 2.25. The Morgan fingerprint density at radius 3 is 2.95 bits per heavy atom. The molecule has 0 N–H and O–H groups in total. The van der Waals surface area contributed by atoms with Crippen LogP contribution in [0.15, 0.2) is 57.8 Å². The summed E-state index contributed by atoms with van der Waals surface area (Å²) < 4.78 is 15.7. The smallest absolute Gasteiger partial charge is 0.363 e.